The molecule has 31 heavy (non-hydrogen) atoms. The molecule has 0 radical (unpaired) electrons. The second kappa shape index (κ2) is 9.03. The molecule has 1 aromatic heterocycles. The van der Waals surface area contributed by atoms with Gasteiger partial charge >= 0.3 is 0 Å². The number of nitrogens with zero attached hydrogens (tertiary/aromatic N) is 2. The lowest BCUT2D eigenvalue weighted by molar-refractivity contribution is -0.136. The summed E-state index contributed by atoms with van der Waals surface area (Å²) in [7, 11) is -3.45. The third kappa shape index (κ3) is 4.73. The van der Waals surface area contributed by atoms with E-state index >= 15 is 0 Å². The van der Waals surface area contributed by atoms with Gasteiger partial charge in [-0.2, -0.15) is 0 Å². The minimum absolute atomic E-state index is 0.111. The number of fused-ring (bicyclic) bond motifs is 5. The van der Waals surface area contributed by atoms with E-state index in [4.69, 9.17) is 9.47 Å². The van der Waals surface area contributed by atoms with E-state index in [0.717, 1.165) is 36.8 Å². The molecular weight excluding hydrogens is 418 g/mol. The molecule has 1 aromatic rings. The fourth-order valence-electron chi connectivity index (χ4n) is 4.98. The molecule has 4 heterocycles. The molecule has 1 N–H and O–H groups in total. The Morgan fingerprint density at radius 1 is 1.19 bits per heavy atom. The lowest BCUT2D eigenvalue weighted by Gasteiger charge is -2.32. The molecule has 2 atom stereocenters. The van der Waals surface area contributed by atoms with E-state index in [9.17, 15) is 13.2 Å². The predicted molar refractivity (Wildman–Crippen MR) is 117 cm³/mol. The lowest BCUT2D eigenvalue weighted by atomic mass is 9.81. The fourth-order valence-corrected chi connectivity index (χ4v) is 5.95. The summed E-state index contributed by atoms with van der Waals surface area (Å²) in [5, 5.41) is -0.530. The van der Waals surface area contributed by atoms with Crippen molar-refractivity contribution in [1.29, 1.82) is 0 Å². The summed E-state index contributed by atoms with van der Waals surface area (Å²) >= 11 is 0. The number of hydrogen-bond acceptors (Lipinski definition) is 6. The highest BCUT2D eigenvalue weighted by molar-refractivity contribution is 7.90. The molecule has 0 unspecified atom stereocenters. The van der Waals surface area contributed by atoms with Crippen molar-refractivity contribution in [3.05, 3.63) is 23.4 Å². The molecular formula is C22H33N3O5S. The Morgan fingerprint density at radius 2 is 1.94 bits per heavy atom. The van der Waals surface area contributed by atoms with E-state index in [1.807, 2.05) is 6.07 Å². The van der Waals surface area contributed by atoms with Crippen LogP contribution >= 0.6 is 0 Å². The van der Waals surface area contributed by atoms with Crippen LogP contribution in [0.25, 0.3) is 0 Å². The van der Waals surface area contributed by atoms with Gasteiger partial charge in [0.25, 0.3) is 5.91 Å². The largest absolute Gasteiger partial charge is 0.467 e. The van der Waals surface area contributed by atoms with Crippen molar-refractivity contribution in [2.75, 3.05) is 19.8 Å². The molecule has 1 saturated carbocycles. The van der Waals surface area contributed by atoms with Crippen LogP contribution in [0.3, 0.4) is 0 Å². The number of sulfonamides is 1. The number of carbonyl (C=O) groups is 1. The van der Waals surface area contributed by atoms with E-state index in [2.05, 4.69) is 16.6 Å². The highest BCUT2D eigenvalue weighted by Gasteiger charge is 2.41. The van der Waals surface area contributed by atoms with Gasteiger partial charge in [-0.05, 0) is 70.4 Å². The topological polar surface area (TPSA) is 97.8 Å². The third-order valence-electron chi connectivity index (χ3n) is 6.89. The van der Waals surface area contributed by atoms with Gasteiger partial charge in [0, 0.05) is 24.3 Å². The van der Waals surface area contributed by atoms with Gasteiger partial charge in [0.15, 0.2) is 6.61 Å². The maximum atomic E-state index is 13.1. The minimum Gasteiger partial charge on any atom is -0.467 e. The smallest absolute Gasteiger partial charge is 0.260 e. The number of carbonyl (C=O) groups excluding carboxylic acids is 1. The average molecular weight is 452 g/mol. The molecule has 1 saturated heterocycles. The highest BCUT2D eigenvalue weighted by Crippen LogP contribution is 2.39. The second-order valence-electron chi connectivity index (χ2n) is 9.20. The summed E-state index contributed by atoms with van der Waals surface area (Å²) < 4.78 is 39.9. The van der Waals surface area contributed by atoms with Crippen molar-refractivity contribution in [2.24, 2.45) is 0 Å². The summed E-state index contributed by atoms with van der Waals surface area (Å²) in [5.74, 6) is 0.732. The van der Waals surface area contributed by atoms with Crippen LogP contribution in [0.2, 0.25) is 0 Å². The third-order valence-corrected chi connectivity index (χ3v) is 8.76. The molecule has 0 aromatic carbocycles. The van der Waals surface area contributed by atoms with E-state index in [0.29, 0.717) is 31.4 Å². The Morgan fingerprint density at radius 3 is 2.65 bits per heavy atom. The van der Waals surface area contributed by atoms with Crippen molar-refractivity contribution in [3.8, 4) is 5.88 Å². The van der Waals surface area contributed by atoms with Crippen LogP contribution in [-0.2, 0) is 19.6 Å². The van der Waals surface area contributed by atoms with E-state index in [1.165, 1.54) is 0 Å². The van der Waals surface area contributed by atoms with Crippen molar-refractivity contribution in [1.82, 2.24) is 14.6 Å². The second-order valence-corrected chi connectivity index (χ2v) is 11.5. The van der Waals surface area contributed by atoms with E-state index < -0.39 is 15.3 Å². The molecule has 1 aliphatic carbocycles. The minimum atomic E-state index is -3.45. The van der Waals surface area contributed by atoms with Crippen LogP contribution in [0.15, 0.2) is 12.3 Å². The van der Waals surface area contributed by atoms with Gasteiger partial charge in [0.2, 0.25) is 15.9 Å². The summed E-state index contributed by atoms with van der Waals surface area (Å²) in [4.78, 5) is 19.2. The monoisotopic (exact) mass is 451 g/mol. The number of nitrogens with one attached hydrogen (secondary N) is 1. The zero-order chi connectivity index (χ0) is 22.2. The molecule has 9 heteroatoms. The lowest BCUT2D eigenvalue weighted by Crippen LogP contribution is -2.51. The number of amides is 1. The Balaban J connectivity index is 1.60. The maximum absolute atomic E-state index is 13.1. The first-order chi connectivity index (χ1) is 14.8. The number of rotatable bonds is 3. The Bertz CT molecular complexity index is 912. The van der Waals surface area contributed by atoms with Gasteiger partial charge in [-0.15, -0.1) is 0 Å². The molecule has 172 valence electrons. The SMILES string of the molecule is Cc1ccnc2c1[C@H]1CC[C@H](CC1)OC[C@H]1[C@@H](NS(=O)(=O)C(C)C)CCN1C(=O)CO2. The molecule has 8 nitrogen and oxygen atoms in total. The fraction of sp³-hybridized carbons (Fsp3) is 0.727. The van der Waals surface area contributed by atoms with Crippen LogP contribution in [-0.4, -0.2) is 67.4 Å². The predicted octanol–water partition coefficient (Wildman–Crippen LogP) is 2.12. The molecule has 3 aliphatic heterocycles. The number of hydrogen-bond donors (Lipinski definition) is 1. The van der Waals surface area contributed by atoms with Crippen LogP contribution < -0.4 is 9.46 Å². The standard InChI is InChI=1S/C22H33N3O5S/c1-14(2)31(27,28)24-18-9-11-25-19(18)12-29-17-6-4-16(5-7-17)21-15(3)8-10-23-22(21)30-13-20(25)26/h8,10,14,16-19,24H,4-7,9,11-13H2,1-3H3/t16-,17+,18-,19-/m0/s1. The number of aryl methyl sites for hydroxylation is 1. The van der Waals surface area contributed by atoms with Crippen LogP contribution in [0.5, 0.6) is 5.88 Å². The average Bonchev–Trinajstić information content (AvgIpc) is 3.12. The Hall–Kier alpha value is -1.71. The quantitative estimate of drug-likeness (QED) is 0.756. The zero-order valence-corrected chi connectivity index (χ0v) is 19.4. The zero-order valence-electron chi connectivity index (χ0n) is 18.5. The van der Waals surface area contributed by atoms with Crippen LogP contribution in [0.1, 0.15) is 63.0 Å². The summed E-state index contributed by atoms with van der Waals surface area (Å²) in [6.45, 7) is 6.06. The number of ether oxygens (including phenoxy) is 2. The van der Waals surface area contributed by atoms with Gasteiger partial charge < -0.3 is 14.4 Å². The summed E-state index contributed by atoms with van der Waals surface area (Å²) in [5.41, 5.74) is 2.24. The normalized spacial score (nSPS) is 29.5. The molecule has 2 bridgehead atoms. The molecule has 2 fully saturated rings. The first-order valence-electron chi connectivity index (χ1n) is 11.3. The highest BCUT2D eigenvalue weighted by atomic mass is 32.2. The van der Waals surface area contributed by atoms with E-state index in [-0.39, 0.29) is 30.7 Å². The summed E-state index contributed by atoms with van der Waals surface area (Å²) in [6, 6.07) is 1.30. The van der Waals surface area contributed by atoms with Crippen molar-refractivity contribution in [3.63, 3.8) is 0 Å². The number of pyridine rings is 1. The van der Waals surface area contributed by atoms with Crippen LogP contribution in [0.4, 0.5) is 0 Å². The maximum Gasteiger partial charge on any atom is 0.260 e. The summed E-state index contributed by atoms with van der Waals surface area (Å²) in [6.07, 6.45) is 6.24. The van der Waals surface area contributed by atoms with Gasteiger partial charge in [-0.1, -0.05) is 0 Å². The van der Waals surface area contributed by atoms with Gasteiger partial charge in [-0.25, -0.2) is 18.1 Å². The van der Waals surface area contributed by atoms with Gasteiger partial charge in [0.1, 0.15) is 0 Å². The first kappa shape index (κ1) is 22.5. The van der Waals surface area contributed by atoms with Crippen molar-refractivity contribution >= 4 is 15.9 Å². The van der Waals surface area contributed by atoms with Gasteiger partial charge in [-0.3, -0.25) is 4.79 Å². The molecule has 0 spiro atoms. The van der Waals surface area contributed by atoms with Crippen molar-refractivity contribution < 1.29 is 22.7 Å². The van der Waals surface area contributed by atoms with Crippen LogP contribution in [0, 0.1) is 6.92 Å². The molecule has 1 amide bonds. The van der Waals surface area contributed by atoms with Crippen molar-refractivity contribution in [2.45, 2.75) is 82.2 Å². The first-order valence-corrected chi connectivity index (χ1v) is 12.8. The number of aromatic nitrogens is 1. The molecule has 4 aliphatic rings. The Kier molecular flexibility index (Phi) is 6.55. The van der Waals surface area contributed by atoms with E-state index in [1.54, 1.807) is 24.9 Å². The Labute approximate surface area is 184 Å². The molecule has 5 rings (SSSR count). The van der Waals surface area contributed by atoms with Gasteiger partial charge in [0.05, 0.1) is 24.0 Å².